The van der Waals surface area contributed by atoms with Crippen LogP contribution in [0.25, 0.3) is 10.2 Å². The average molecular weight is 278 g/mol. The maximum Gasteiger partial charge on any atom is 0.331 e. The minimum atomic E-state index is -0.948. The highest BCUT2D eigenvalue weighted by Crippen LogP contribution is 2.19. The van der Waals surface area contributed by atoms with Gasteiger partial charge in [0.25, 0.3) is 5.56 Å². The SMILES string of the molecule is CCC(=CCn1cnc2c(C)csc2c1=O)C(=O)O. The molecular weight excluding hydrogens is 264 g/mol. The molecule has 0 bridgehead atoms. The molecule has 6 heteroatoms. The molecule has 0 radical (unpaired) electrons. The monoisotopic (exact) mass is 278 g/mol. The van der Waals surface area contributed by atoms with E-state index in [-0.39, 0.29) is 12.1 Å². The number of fused-ring (bicyclic) bond motifs is 1. The molecule has 0 atom stereocenters. The van der Waals surface area contributed by atoms with Crippen LogP contribution in [0.15, 0.2) is 28.2 Å². The lowest BCUT2D eigenvalue weighted by Crippen LogP contribution is -2.19. The number of nitrogens with zero attached hydrogens (tertiary/aromatic N) is 2. The Labute approximate surface area is 113 Å². The molecule has 0 fully saturated rings. The molecule has 0 saturated carbocycles. The Morgan fingerprint density at radius 2 is 2.32 bits per heavy atom. The third-order valence-corrected chi connectivity index (χ3v) is 3.99. The van der Waals surface area contributed by atoms with E-state index in [4.69, 9.17) is 5.11 Å². The third-order valence-electron chi connectivity index (χ3n) is 2.91. The van der Waals surface area contributed by atoms with E-state index in [0.717, 1.165) is 11.1 Å². The van der Waals surface area contributed by atoms with Crippen molar-refractivity contribution in [2.24, 2.45) is 0 Å². The fraction of sp³-hybridized carbons (Fsp3) is 0.308. The maximum atomic E-state index is 12.2. The van der Waals surface area contributed by atoms with Crippen molar-refractivity contribution in [1.82, 2.24) is 9.55 Å². The van der Waals surface area contributed by atoms with Gasteiger partial charge in [0, 0.05) is 12.1 Å². The average Bonchev–Trinajstić information content (AvgIpc) is 2.75. The standard InChI is InChI=1S/C13H14N2O3S/c1-3-9(13(17)18)4-5-15-7-14-10-8(2)6-19-11(10)12(15)16/h4,6-7H,3,5H2,1-2H3,(H,17,18). The zero-order valence-electron chi connectivity index (χ0n) is 10.7. The summed E-state index contributed by atoms with van der Waals surface area (Å²) in [4.78, 5) is 27.3. The molecule has 0 aliphatic heterocycles. The molecule has 0 saturated heterocycles. The summed E-state index contributed by atoms with van der Waals surface area (Å²) in [5.41, 5.74) is 1.89. The molecule has 0 unspecified atom stereocenters. The Bertz CT molecular complexity index is 712. The number of rotatable bonds is 4. The van der Waals surface area contributed by atoms with Crippen molar-refractivity contribution in [3.8, 4) is 0 Å². The molecule has 2 aromatic heterocycles. The van der Waals surface area contributed by atoms with Crippen LogP contribution in [0.5, 0.6) is 0 Å². The summed E-state index contributed by atoms with van der Waals surface area (Å²) in [6.45, 7) is 3.91. The molecule has 2 rings (SSSR count). The molecule has 2 aromatic rings. The second-order valence-corrected chi connectivity index (χ2v) is 5.07. The molecule has 100 valence electrons. The smallest absolute Gasteiger partial charge is 0.331 e. The van der Waals surface area contributed by atoms with Crippen molar-refractivity contribution in [2.45, 2.75) is 26.8 Å². The number of thiophene rings is 1. The van der Waals surface area contributed by atoms with Crippen molar-refractivity contribution >= 4 is 27.5 Å². The van der Waals surface area contributed by atoms with E-state index in [1.165, 1.54) is 22.2 Å². The number of aromatic nitrogens is 2. The van der Waals surface area contributed by atoms with E-state index in [1.54, 1.807) is 13.0 Å². The summed E-state index contributed by atoms with van der Waals surface area (Å²) in [5.74, 6) is -0.948. The lowest BCUT2D eigenvalue weighted by molar-refractivity contribution is -0.132. The van der Waals surface area contributed by atoms with Crippen molar-refractivity contribution in [3.63, 3.8) is 0 Å². The van der Waals surface area contributed by atoms with Crippen LogP contribution in [0.3, 0.4) is 0 Å². The number of carbonyl (C=O) groups is 1. The highest BCUT2D eigenvalue weighted by molar-refractivity contribution is 7.17. The molecule has 2 heterocycles. The second-order valence-electron chi connectivity index (χ2n) is 4.19. The fourth-order valence-corrected chi connectivity index (χ4v) is 2.73. The molecule has 1 N–H and O–H groups in total. The first-order chi connectivity index (χ1) is 9.04. The molecule has 5 nitrogen and oxygen atoms in total. The Morgan fingerprint density at radius 3 is 2.95 bits per heavy atom. The van der Waals surface area contributed by atoms with Gasteiger partial charge in [-0.25, -0.2) is 9.78 Å². The molecule has 19 heavy (non-hydrogen) atoms. The second kappa shape index (κ2) is 5.36. The van der Waals surface area contributed by atoms with Crippen LogP contribution in [-0.4, -0.2) is 20.6 Å². The normalized spacial score (nSPS) is 12.0. The van der Waals surface area contributed by atoms with Crippen LogP contribution in [-0.2, 0) is 11.3 Å². The van der Waals surface area contributed by atoms with Gasteiger partial charge in [0.15, 0.2) is 0 Å². The van der Waals surface area contributed by atoms with E-state index >= 15 is 0 Å². The number of hydrogen-bond acceptors (Lipinski definition) is 4. The van der Waals surface area contributed by atoms with E-state index < -0.39 is 5.97 Å². The third kappa shape index (κ3) is 2.58. The maximum absolute atomic E-state index is 12.2. The van der Waals surface area contributed by atoms with Gasteiger partial charge in [-0.2, -0.15) is 0 Å². The Balaban J connectivity index is 2.39. The first-order valence-corrected chi connectivity index (χ1v) is 6.78. The Morgan fingerprint density at radius 1 is 1.58 bits per heavy atom. The van der Waals surface area contributed by atoms with Crippen molar-refractivity contribution in [2.75, 3.05) is 0 Å². The first-order valence-electron chi connectivity index (χ1n) is 5.90. The van der Waals surface area contributed by atoms with Gasteiger partial charge in [0.1, 0.15) is 4.70 Å². The zero-order chi connectivity index (χ0) is 14.0. The van der Waals surface area contributed by atoms with Gasteiger partial charge in [-0.05, 0) is 24.3 Å². The molecule has 0 aromatic carbocycles. The number of carboxylic acid groups (broad SMARTS) is 1. The highest BCUT2D eigenvalue weighted by Gasteiger charge is 2.08. The van der Waals surface area contributed by atoms with E-state index in [9.17, 15) is 9.59 Å². The molecule has 0 aliphatic carbocycles. The van der Waals surface area contributed by atoms with Crippen LogP contribution in [0.4, 0.5) is 0 Å². The number of aliphatic carboxylic acids is 1. The lowest BCUT2D eigenvalue weighted by atomic mass is 10.2. The van der Waals surface area contributed by atoms with Crippen LogP contribution in [0.2, 0.25) is 0 Å². The summed E-state index contributed by atoms with van der Waals surface area (Å²) in [6, 6.07) is 0. The van der Waals surface area contributed by atoms with Gasteiger partial charge in [-0.1, -0.05) is 13.0 Å². The summed E-state index contributed by atoms with van der Waals surface area (Å²) < 4.78 is 2.04. The van der Waals surface area contributed by atoms with Gasteiger partial charge in [-0.3, -0.25) is 9.36 Å². The van der Waals surface area contributed by atoms with Gasteiger partial charge < -0.3 is 5.11 Å². The molecular formula is C13H14N2O3S. The van der Waals surface area contributed by atoms with Crippen LogP contribution >= 0.6 is 11.3 Å². The van der Waals surface area contributed by atoms with Crippen molar-refractivity contribution in [1.29, 1.82) is 0 Å². The summed E-state index contributed by atoms with van der Waals surface area (Å²) in [6.07, 6.45) is 3.45. The summed E-state index contributed by atoms with van der Waals surface area (Å²) in [5, 5.41) is 10.8. The molecule has 0 amide bonds. The quantitative estimate of drug-likeness (QED) is 0.870. The minimum Gasteiger partial charge on any atom is -0.478 e. The summed E-state index contributed by atoms with van der Waals surface area (Å²) in [7, 11) is 0. The van der Waals surface area contributed by atoms with E-state index in [2.05, 4.69) is 4.98 Å². The highest BCUT2D eigenvalue weighted by atomic mass is 32.1. The number of hydrogen-bond donors (Lipinski definition) is 1. The lowest BCUT2D eigenvalue weighted by Gasteiger charge is -2.03. The zero-order valence-corrected chi connectivity index (χ0v) is 11.5. The van der Waals surface area contributed by atoms with Gasteiger partial charge in [0.05, 0.1) is 11.8 Å². The molecule has 0 aliphatic rings. The topological polar surface area (TPSA) is 72.2 Å². The van der Waals surface area contributed by atoms with E-state index in [0.29, 0.717) is 16.7 Å². The van der Waals surface area contributed by atoms with Gasteiger partial charge in [0.2, 0.25) is 0 Å². The van der Waals surface area contributed by atoms with Crippen molar-refractivity contribution in [3.05, 3.63) is 39.3 Å². The Kier molecular flexibility index (Phi) is 3.80. The first kappa shape index (κ1) is 13.5. The fourth-order valence-electron chi connectivity index (χ4n) is 1.78. The summed E-state index contributed by atoms with van der Waals surface area (Å²) >= 11 is 1.37. The van der Waals surface area contributed by atoms with Crippen LogP contribution in [0, 0.1) is 6.92 Å². The Hall–Kier alpha value is -1.95. The minimum absolute atomic E-state index is 0.125. The number of aryl methyl sites for hydroxylation is 1. The predicted molar refractivity (Wildman–Crippen MR) is 74.6 cm³/mol. The molecule has 0 spiro atoms. The van der Waals surface area contributed by atoms with Gasteiger partial charge in [-0.15, -0.1) is 11.3 Å². The van der Waals surface area contributed by atoms with Gasteiger partial charge >= 0.3 is 5.97 Å². The predicted octanol–water partition coefficient (Wildman–Crippen LogP) is 2.19. The van der Waals surface area contributed by atoms with Crippen LogP contribution < -0.4 is 5.56 Å². The van der Waals surface area contributed by atoms with Crippen molar-refractivity contribution < 1.29 is 9.90 Å². The number of allylic oxidation sites excluding steroid dienone is 1. The largest absolute Gasteiger partial charge is 0.478 e. The van der Waals surface area contributed by atoms with Crippen LogP contribution in [0.1, 0.15) is 18.9 Å². The van der Waals surface area contributed by atoms with E-state index in [1.807, 2.05) is 12.3 Å². The number of carboxylic acids is 1.